The number of carbonyl (C=O) groups is 1. The molecule has 32 heavy (non-hydrogen) atoms. The molecule has 1 fully saturated rings. The SMILES string of the molecule is Cn1c(=O)oc2cc(S(=O)(=O)N3CCC(CC(=O)Nc4ccc(F)c(F)c4)CC3)ccc21. The fourth-order valence-electron chi connectivity index (χ4n) is 3.83. The van der Waals surface area contributed by atoms with Crippen molar-refractivity contribution in [3.8, 4) is 0 Å². The number of hydrogen-bond acceptors (Lipinski definition) is 5. The molecule has 0 saturated carbocycles. The maximum Gasteiger partial charge on any atom is 0.419 e. The van der Waals surface area contributed by atoms with Crippen molar-refractivity contribution in [3.05, 3.63) is 58.6 Å². The molecule has 4 rings (SSSR count). The predicted octanol–water partition coefficient (Wildman–Crippen LogP) is 2.84. The molecule has 0 radical (unpaired) electrons. The number of halogens is 2. The van der Waals surface area contributed by atoms with Crippen molar-refractivity contribution in [2.45, 2.75) is 24.2 Å². The zero-order chi connectivity index (χ0) is 23.0. The summed E-state index contributed by atoms with van der Waals surface area (Å²) in [5.74, 6) is -3.00. The van der Waals surface area contributed by atoms with E-state index >= 15 is 0 Å². The van der Waals surface area contributed by atoms with Crippen LogP contribution in [0.15, 0.2) is 50.5 Å². The Hall–Kier alpha value is -3.05. The highest BCUT2D eigenvalue weighted by Crippen LogP contribution is 2.27. The summed E-state index contributed by atoms with van der Waals surface area (Å²) in [7, 11) is -2.24. The lowest BCUT2D eigenvalue weighted by atomic mass is 9.94. The number of nitrogens with one attached hydrogen (secondary N) is 1. The minimum Gasteiger partial charge on any atom is -0.408 e. The molecular formula is C21H21F2N3O5S. The number of sulfonamides is 1. The van der Waals surface area contributed by atoms with Crippen LogP contribution in [-0.4, -0.2) is 36.3 Å². The standard InChI is InChI=1S/C21H21F2N3O5S/c1-25-18-5-3-15(12-19(18)31-21(25)28)32(29,30)26-8-6-13(7-9-26)10-20(27)24-14-2-4-16(22)17(23)11-14/h2-5,11-13H,6-10H2,1H3,(H,24,27). The molecule has 1 aliphatic heterocycles. The summed E-state index contributed by atoms with van der Waals surface area (Å²) >= 11 is 0. The third-order valence-corrected chi connectivity index (χ3v) is 7.55. The van der Waals surface area contributed by atoms with Crippen molar-refractivity contribution in [1.82, 2.24) is 8.87 Å². The molecule has 1 saturated heterocycles. The van der Waals surface area contributed by atoms with Gasteiger partial charge in [-0.1, -0.05) is 0 Å². The van der Waals surface area contributed by atoms with Crippen molar-refractivity contribution in [1.29, 1.82) is 0 Å². The number of rotatable bonds is 5. The van der Waals surface area contributed by atoms with Gasteiger partial charge in [-0.15, -0.1) is 0 Å². The molecule has 8 nitrogen and oxygen atoms in total. The zero-order valence-corrected chi connectivity index (χ0v) is 18.0. The highest BCUT2D eigenvalue weighted by atomic mass is 32.2. The molecule has 0 spiro atoms. The van der Waals surface area contributed by atoms with Gasteiger partial charge in [-0.05, 0) is 43.0 Å². The van der Waals surface area contributed by atoms with E-state index < -0.39 is 27.4 Å². The van der Waals surface area contributed by atoms with Crippen LogP contribution in [-0.2, 0) is 21.9 Å². The summed E-state index contributed by atoms with van der Waals surface area (Å²) in [5, 5.41) is 2.53. The van der Waals surface area contributed by atoms with Gasteiger partial charge in [0.15, 0.2) is 17.2 Å². The smallest absolute Gasteiger partial charge is 0.408 e. The number of anilines is 1. The predicted molar refractivity (Wildman–Crippen MR) is 113 cm³/mol. The molecule has 170 valence electrons. The summed E-state index contributed by atoms with van der Waals surface area (Å²) in [6.07, 6.45) is 1.11. The van der Waals surface area contributed by atoms with Gasteiger partial charge in [-0.3, -0.25) is 9.36 Å². The maximum atomic E-state index is 13.3. The molecule has 0 atom stereocenters. The lowest BCUT2D eigenvalue weighted by Gasteiger charge is -2.31. The highest BCUT2D eigenvalue weighted by Gasteiger charge is 2.30. The van der Waals surface area contributed by atoms with Crippen LogP contribution >= 0.6 is 0 Å². The van der Waals surface area contributed by atoms with Crippen LogP contribution in [0.2, 0.25) is 0 Å². The molecule has 1 N–H and O–H groups in total. The summed E-state index contributed by atoms with van der Waals surface area (Å²) in [6.45, 7) is 0.477. The lowest BCUT2D eigenvalue weighted by Crippen LogP contribution is -2.39. The number of nitrogens with zero attached hydrogens (tertiary/aromatic N) is 2. The first-order chi connectivity index (χ1) is 15.1. The molecule has 0 unspecified atom stereocenters. The number of fused-ring (bicyclic) bond motifs is 1. The fourth-order valence-corrected chi connectivity index (χ4v) is 5.31. The monoisotopic (exact) mass is 465 g/mol. The minimum absolute atomic E-state index is 0.0360. The number of aromatic nitrogens is 1. The number of carbonyl (C=O) groups excluding carboxylic acids is 1. The summed E-state index contributed by atoms with van der Waals surface area (Å²) in [5.41, 5.74) is 0.860. The topological polar surface area (TPSA) is 102 Å². The quantitative estimate of drug-likeness (QED) is 0.624. The number of hydrogen-bond donors (Lipinski definition) is 1. The van der Waals surface area contributed by atoms with Gasteiger partial charge in [0.1, 0.15) is 0 Å². The molecule has 1 aliphatic rings. The molecule has 2 heterocycles. The van der Waals surface area contributed by atoms with E-state index in [9.17, 15) is 26.8 Å². The van der Waals surface area contributed by atoms with Crippen LogP contribution < -0.4 is 11.1 Å². The van der Waals surface area contributed by atoms with E-state index in [1.165, 1.54) is 40.2 Å². The molecule has 11 heteroatoms. The number of amides is 1. The van der Waals surface area contributed by atoms with Crippen molar-refractivity contribution >= 4 is 32.7 Å². The van der Waals surface area contributed by atoms with Gasteiger partial charge >= 0.3 is 5.76 Å². The molecule has 0 aliphatic carbocycles. The van der Waals surface area contributed by atoms with Gasteiger partial charge in [0.25, 0.3) is 0 Å². The van der Waals surface area contributed by atoms with Crippen LogP contribution in [0, 0.1) is 17.6 Å². The van der Waals surface area contributed by atoms with Gasteiger partial charge in [0.2, 0.25) is 15.9 Å². The Morgan fingerprint density at radius 2 is 1.84 bits per heavy atom. The highest BCUT2D eigenvalue weighted by molar-refractivity contribution is 7.89. The summed E-state index contributed by atoms with van der Waals surface area (Å²) < 4.78 is 60.0. The number of piperidine rings is 1. The third kappa shape index (κ3) is 4.30. The van der Waals surface area contributed by atoms with Crippen molar-refractivity contribution < 1.29 is 26.4 Å². The Morgan fingerprint density at radius 1 is 1.12 bits per heavy atom. The van der Waals surface area contributed by atoms with Crippen LogP contribution in [0.1, 0.15) is 19.3 Å². The second kappa shape index (κ2) is 8.47. The largest absolute Gasteiger partial charge is 0.419 e. The van der Waals surface area contributed by atoms with Crippen LogP contribution in [0.25, 0.3) is 11.1 Å². The number of benzene rings is 2. The molecule has 1 amide bonds. The first kappa shape index (κ1) is 22.2. The first-order valence-corrected chi connectivity index (χ1v) is 11.4. The van der Waals surface area contributed by atoms with E-state index in [4.69, 9.17) is 4.42 Å². The Balaban J connectivity index is 1.37. The number of aryl methyl sites for hydroxylation is 1. The van der Waals surface area contributed by atoms with E-state index in [2.05, 4.69) is 5.32 Å². The van der Waals surface area contributed by atoms with Crippen LogP contribution in [0.5, 0.6) is 0 Å². The molecule has 1 aromatic heterocycles. The van der Waals surface area contributed by atoms with Gasteiger partial charge in [0, 0.05) is 44.4 Å². The summed E-state index contributed by atoms with van der Waals surface area (Å²) in [6, 6.07) is 7.43. The van der Waals surface area contributed by atoms with Gasteiger partial charge < -0.3 is 9.73 Å². The van der Waals surface area contributed by atoms with Crippen molar-refractivity contribution in [2.75, 3.05) is 18.4 Å². The van der Waals surface area contributed by atoms with E-state index in [1.54, 1.807) is 0 Å². The zero-order valence-electron chi connectivity index (χ0n) is 17.2. The minimum atomic E-state index is -3.78. The van der Waals surface area contributed by atoms with E-state index in [0.29, 0.717) is 18.4 Å². The average molecular weight is 465 g/mol. The molecule has 3 aromatic rings. The van der Waals surface area contributed by atoms with E-state index in [0.717, 1.165) is 12.1 Å². The average Bonchev–Trinajstić information content (AvgIpc) is 3.04. The Morgan fingerprint density at radius 3 is 2.53 bits per heavy atom. The van der Waals surface area contributed by atoms with Crippen molar-refractivity contribution in [3.63, 3.8) is 0 Å². The maximum absolute atomic E-state index is 13.3. The Labute approximate surface area is 182 Å². The van der Waals surface area contributed by atoms with Crippen molar-refractivity contribution in [2.24, 2.45) is 13.0 Å². The Bertz CT molecular complexity index is 1340. The molecule has 0 bridgehead atoms. The van der Waals surface area contributed by atoms with Crippen LogP contribution in [0.4, 0.5) is 14.5 Å². The third-order valence-electron chi connectivity index (χ3n) is 5.65. The second-order valence-electron chi connectivity index (χ2n) is 7.79. The van der Waals surface area contributed by atoms with Gasteiger partial charge in [0.05, 0.1) is 10.4 Å². The van der Waals surface area contributed by atoms with Gasteiger partial charge in [-0.25, -0.2) is 22.0 Å². The number of oxazole rings is 1. The molecule has 2 aromatic carbocycles. The van der Waals surface area contributed by atoms with E-state index in [1.807, 2.05) is 0 Å². The lowest BCUT2D eigenvalue weighted by molar-refractivity contribution is -0.117. The first-order valence-electron chi connectivity index (χ1n) is 10.00. The summed E-state index contributed by atoms with van der Waals surface area (Å²) in [4.78, 5) is 23.9. The normalized spacial score (nSPS) is 15.8. The Kier molecular flexibility index (Phi) is 5.87. The van der Waals surface area contributed by atoms with E-state index in [-0.39, 0.29) is 47.5 Å². The van der Waals surface area contributed by atoms with Gasteiger partial charge in [-0.2, -0.15) is 4.31 Å². The molecular weight excluding hydrogens is 444 g/mol. The van der Waals surface area contributed by atoms with Crippen LogP contribution in [0.3, 0.4) is 0 Å². The second-order valence-corrected chi connectivity index (χ2v) is 9.72. The fraction of sp³-hybridized carbons (Fsp3) is 0.333.